The molecule has 0 bridgehead atoms. The van der Waals surface area contributed by atoms with E-state index in [4.69, 9.17) is 9.97 Å². The van der Waals surface area contributed by atoms with Crippen molar-refractivity contribution in [2.45, 2.75) is 13.3 Å². The summed E-state index contributed by atoms with van der Waals surface area (Å²) >= 11 is 0. The molecule has 9 aromatic rings. The summed E-state index contributed by atoms with van der Waals surface area (Å²) in [5, 5.41) is 11.0. The molecule has 0 aliphatic heterocycles. The van der Waals surface area contributed by atoms with Crippen LogP contribution in [0.25, 0.3) is 83.6 Å². The first kappa shape index (κ1) is 46.0. The van der Waals surface area contributed by atoms with E-state index in [0.717, 1.165) is 94.9 Å². The third kappa shape index (κ3) is 10.2. The van der Waals surface area contributed by atoms with Crippen LogP contribution in [0.3, 0.4) is 0 Å². The summed E-state index contributed by atoms with van der Waals surface area (Å²) in [5.41, 5.74) is 19.6. The van der Waals surface area contributed by atoms with Crippen LogP contribution in [-0.2, 0) is 20.1 Å². The quantitative estimate of drug-likeness (QED) is 0.0695. The molecule has 2 aromatic heterocycles. The van der Waals surface area contributed by atoms with Crippen LogP contribution in [0.5, 0.6) is 0 Å². The molecule has 0 N–H and O–H groups in total. The van der Waals surface area contributed by atoms with E-state index in [1.807, 2.05) is 86.1 Å². The van der Waals surface area contributed by atoms with Gasteiger partial charge in [0.1, 0.15) is 0 Å². The molecule has 0 amide bonds. The van der Waals surface area contributed by atoms with Gasteiger partial charge in [0.25, 0.3) is 0 Å². The molecule has 0 atom stereocenters. The zero-order valence-electron chi connectivity index (χ0n) is 38.0. The average molecular weight is 1060 g/mol. The van der Waals surface area contributed by atoms with E-state index in [-0.39, 0.29) is 25.8 Å². The molecule has 3 nitrogen and oxygen atoms in total. The van der Waals surface area contributed by atoms with Gasteiger partial charge in [-0.1, -0.05) is 146 Å². The molecule has 10 rings (SSSR count). The van der Waals surface area contributed by atoms with Gasteiger partial charge in [-0.2, -0.15) is 5.56 Å². The number of hydrogen-bond acceptors (Lipinski definition) is 2. The van der Waals surface area contributed by atoms with Crippen molar-refractivity contribution in [3.05, 3.63) is 294 Å². The number of benzene rings is 7. The molecule has 333 valence electrons. The molecule has 1 radical (unpaired) electrons. The maximum atomic E-state index is 11.0. The van der Waals surface area contributed by atoms with E-state index in [9.17, 15) is 5.41 Å². The second kappa shape index (κ2) is 21.7. The van der Waals surface area contributed by atoms with E-state index < -0.39 is 0 Å². The Labute approximate surface area is 419 Å². The molecule has 0 spiro atoms. The number of aromatic nitrogens is 2. The molecule has 69 heavy (non-hydrogen) atoms. The van der Waals surface area contributed by atoms with Crippen LogP contribution in [-0.4, -0.2) is 15.7 Å². The maximum Gasteiger partial charge on any atom is 0.0245 e. The summed E-state index contributed by atoms with van der Waals surface area (Å²) in [4.78, 5) is 10.00. The van der Waals surface area contributed by atoms with E-state index in [1.54, 1.807) is 12.1 Å². The van der Waals surface area contributed by atoms with Gasteiger partial charge in [0.2, 0.25) is 0 Å². The Balaban J connectivity index is 0.00000593. The van der Waals surface area contributed by atoms with Gasteiger partial charge in [-0.25, -0.2) is 5.71 Å². The van der Waals surface area contributed by atoms with Crippen molar-refractivity contribution in [3.8, 4) is 55.9 Å². The van der Waals surface area contributed by atoms with Gasteiger partial charge in [-0.15, -0.1) is 108 Å². The van der Waals surface area contributed by atoms with Crippen LogP contribution in [0.2, 0.25) is 0 Å². The van der Waals surface area contributed by atoms with Gasteiger partial charge in [0.15, 0.2) is 0 Å². The van der Waals surface area contributed by atoms with Crippen LogP contribution < -0.4 is 0 Å². The largest absolute Gasteiger partial charge is 0.855 e. The van der Waals surface area contributed by atoms with Crippen molar-refractivity contribution in [2.75, 3.05) is 0 Å². The molecule has 1 aliphatic rings. The third-order valence-electron chi connectivity index (χ3n) is 12.3. The molecule has 7 aromatic carbocycles. The molecule has 1 aliphatic carbocycles. The fraction of sp³-hybridized carbons (Fsp3) is 0.0308. The second-order valence-electron chi connectivity index (χ2n) is 16.5. The molecule has 0 fully saturated rings. The predicted octanol–water partition coefficient (Wildman–Crippen LogP) is 16.2. The third-order valence-corrected chi connectivity index (χ3v) is 12.3. The van der Waals surface area contributed by atoms with Gasteiger partial charge >= 0.3 is 0 Å². The van der Waals surface area contributed by atoms with Gasteiger partial charge < -0.3 is 15.4 Å². The van der Waals surface area contributed by atoms with E-state index in [2.05, 4.69) is 170 Å². The molecular weight excluding hydrogens is 1010 g/mol. The Kier molecular flexibility index (Phi) is 14.4. The van der Waals surface area contributed by atoms with Crippen molar-refractivity contribution >= 4 is 28.0 Å². The molecule has 0 saturated heterocycles. The topological polar surface area (TPSA) is 48.1 Å². The van der Waals surface area contributed by atoms with Crippen molar-refractivity contribution < 1.29 is 20.1 Å². The number of allylic oxidation sites excluding steroid dienone is 10. The Hall–Kier alpha value is -8.14. The maximum absolute atomic E-state index is 11.0. The monoisotopic (exact) mass is 1060 g/mol. The van der Waals surface area contributed by atoms with Gasteiger partial charge in [0.05, 0.1) is 0 Å². The van der Waals surface area contributed by atoms with Crippen molar-refractivity contribution in [2.24, 2.45) is 0 Å². The number of pyridine rings is 2. The Bertz CT molecular complexity index is 3400. The molecular formula is C65H45IrN3-4. The van der Waals surface area contributed by atoms with E-state index >= 15 is 0 Å². The standard InChI is InChI=1S/C65H45N3.Ir/c1-2-46(37-39-63(66)48-23-9-4-10-24-48)55-29-15-16-30-56(55)51-35-36-52(42-54(41-51)59-33-18-17-32-58(59)53-38-40-64(67-44-53)49-25-11-5-12-26-49)57-31-19-20-34-60(57)62-45-68-65(50-27-13-6-14-28-50)43-61(62)47-21-7-3-8-22-47;/h2-23,25,27,29-35,37-45H,36H2,1H3;/q-4;/b39-37-,46-2+;. The molecule has 2 heterocycles. The number of nitrogens with zero attached hydrogens (tertiary/aromatic N) is 3. The van der Waals surface area contributed by atoms with Crippen LogP contribution in [0.1, 0.15) is 41.2 Å². The van der Waals surface area contributed by atoms with Crippen LogP contribution in [0, 0.1) is 18.2 Å². The van der Waals surface area contributed by atoms with Crippen LogP contribution >= 0.6 is 0 Å². The molecule has 0 unspecified atom stereocenters. The zero-order chi connectivity index (χ0) is 46.1. The van der Waals surface area contributed by atoms with E-state index in [0.29, 0.717) is 12.0 Å². The summed E-state index contributed by atoms with van der Waals surface area (Å²) in [6, 6.07) is 76.1. The summed E-state index contributed by atoms with van der Waals surface area (Å²) in [6.45, 7) is 2.04. The first-order valence-electron chi connectivity index (χ1n) is 22.9. The minimum Gasteiger partial charge on any atom is -0.855 e. The predicted molar refractivity (Wildman–Crippen MR) is 284 cm³/mol. The summed E-state index contributed by atoms with van der Waals surface area (Å²) in [6.07, 6.45) is 17.5. The Morgan fingerprint density at radius 3 is 1.80 bits per heavy atom. The van der Waals surface area contributed by atoms with Crippen molar-refractivity contribution in [3.63, 3.8) is 0 Å². The zero-order valence-corrected chi connectivity index (χ0v) is 40.4. The summed E-state index contributed by atoms with van der Waals surface area (Å²) in [7, 11) is 0. The fourth-order valence-electron chi connectivity index (χ4n) is 8.88. The summed E-state index contributed by atoms with van der Waals surface area (Å²) < 4.78 is 0. The SMILES string of the molecule is C/C=C(\C=C/C(=[N-])c1[c-]cccc1)c1ccccc1C1=CCC(c2ccccc2-c2cnc(-c3[c-]cccc3)cc2-c2ccccc2)=CC(c2ccccc2-c2ccc(-c3[c-]cccc3)nc2)=C1.[Ir]. The van der Waals surface area contributed by atoms with Crippen molar-refractivity contribution in [1.82, 2.24) is 9.97 Å². The minimum absolute atomic E-state index is 0. The van der Waals surface area contributed by atoms with E-state index in [1.165, 1.54) is 5.57 Å². The fourth-order valence-corrected chi connectivity index (χ4v) is 8.88. The first-order valence-corrected chi connectivity index (χ1v) is 22.9. The van der Waals surface area contributed by atoms with Gasteiger partial charge in [-0.05, 0) is 103 Å². The summed E-state index contributed by atoms with van der Waals surface area (Å²) in [5.74, 6) is 0. The minimum atomic E-state index is 0. The number of rotatable bonds is 12. The molecule has 4 heteroatoms. The van der Waals surface area contributed by atoms with Crippen molar-refractivity contribution in [1.29, 1.82) is 0 Å². The van der Waals surface area contributed by atoms with Crippen LogP contribution in [0.15, 0.2) is 243 Å². The average Bonchev–Trinajstić information content (AvgIpc) is 3.65. The number of hydrogen-bond donors (Lipinski definition) is 0. The Morgan fingerprint density at radius 2 is 1.12 bits per heavy atom. The van der Waals surface area contributed by atoms with Gasteiger partial charge in [-0.3, -0.25) is 0 Å². The van der Waals surface area contributed by atoms with Gasteiger partial charge in [0, 0.05) is 38.1 Å². The second-order valence-corrected chi connectivity index (χ2v) is 16.5. The van der Waals surface area contributed by atoms with Crippen LogP contribution in [0.4, 0.5) is 0 Å². The molecule has 0 saturated carbocycles. The first-order chi connectivity index (χ1) is 33.6. The smallest absolute Gasteiger partial charge is 0.0245 e. The Morgan fingerprint density at radius 1 is 0.493 bits per heavy atom. The normalized spacial score (nSPS) is 12.6.